The first kappa shape index (κ1) is 12.4. The summed E-state index contributed by atoms with van der Waals surface area (Å²) in [5, 5.41) is 11.4. The fourth-order valence-electron chi connectivity index (χ4n) is 5.84. The molecule has 2 bridgehead atoms. The van der Waals surface area contributed by atoms with E-state index in [9.17, 15) is 14.7 Å². The lowest BCUT2D eigenvalue weighted by atomic mass is 9.52. The number of fused-ring (bicyclic) bond motifs is 4. The number of aliphatic hydroxyl groups is 1. The highest BCUT2D eigenvalue weighted by atomic mass is 16.7. The van der Waals surface area contributed by atoms with Crippen molar-refractivity contribution >= 4 is 11.9 Å². The summed E-state index contributed by atoms with van der Waals surface area (Å²) in [7, 11) is 0. The van der Waals surface area contributed by atoms with Crippen LogP contribution < -0.4 is 0 Å². The molecule has 6 heteroatoms. The van der Waals surface area contributed by atoms with Gasteiger partial charge in [0.15, 0.2) is 6.10 Å². The Morgan fingerprint density at radius 1 is 1.29 bits per heavy atom. The first-order valence-electron chi connectivity index (χ1n) is 7.61. The predicted molar refractivity (Wildman–Crippen MR) is 66.9 cm³/mol. The Morgan fingerprint density at radius 3 is 2.67 bits per heavy atom. The van der Waals surface area contributed by atoms with Crippen molar-refractivity contribution in [2.75, 3.05) is 0 Å². The van der Waals surface area contributed by atoms with Crippen LogP contribution in [0, 0.1) is 23.2 Å². The van der Waals surface area contributed by atoms with Crippen molar-refractivity contribution in [2.45, 2.75) is 56.7 Å². The molecule has 3 heterocycles. The summed E-state index contributed by atoms with van der Waals surface area (Å²) in [6.07, 6.45) is -1.10. The van der Waals surface area contributed by atoms with Crippen LogP contribution >= 0.6 is 0 Å². The Balaban J connectivity index is 1.76. The third-order valence-electron chi connectivity index (χ3n) is 6.85. The number of esters is 2. The highest BCUT2D eigenvalue weighted by Gasteiger charge is 2.95. The largest absolute Gasteiger partial charge is 0.458 e. The molecule has 0 radical (unpaired) electrons. The molecule has 2 saturated carbocycles. The summed E-state index contributed by atoms with van der Waals surface area (Å²) in [6, 6.07) is 0. The van der Waals surface area contributed by atoms with Crippen LogP contribution in [0.3, 0.4) is 0 Å². The summed E-state index contributed by atoms with van der Waals surface area (Å²) in [4.78, 5) is 24.7. The average molecular weight is 294 g/mol. The molecule has 2 aliphatic carbocycles. The zero-order chi connectivity index (χ0) is 14.9. The number of rotatable bonds is 1. The van der Waals surface area contributed by atoms with Crippen molar-refractivity contribution in [3.63, 3.8) is 0 Å². The van der Waals surface area contributed by atoms with Gasteiger partial charge in [-0.2, -0.15) is 0 Å². The molecule has 1 N–H and O–H groups in total. The molecule has 21 heavy (non-hydrogen) atoms. The third kappa shape index (κ3) is 0.908. The van der Waals surface area contributed by atoms with Crippen molar-refractivity contribution in [3.05, 3.63) is 0 Å². The molecule has 0 aromatic rings. The third-order valence-corrected chi connectivity index (χ3v) is 6.85. The lowest BCUT2D eigenvalue weighted by molar-refractivity contribution is -0.205. The molecule has 3 aliphatic heterocycles. The molecule has 0 unspecified atom stereocenters. The molecule has 8 atom stereocenters. The second-order valence-electron chi connectivity index (χ2n) is 7.70. The number of carbonyl (C=O) groups is 2. The van der Waals surface area contributed by atoms with Crippen LogP contribution in [0.15, 0.2) is 0 Å². The fourth-order valence-corrected chi connectivity index (χ4v) is 5.84. The summed E-state index contributed by atoms with van der Waals surface area (Å²) in [5.74, 6) is -1.31. The number of carbonyl (C=O) groups excluding carboxylic acids is 2. The van der Waals surface area contributed by atoms with Gasteiger partial charge in [0.1, 0.15) is 12.2 Å². The Labute approximate surface area is 121 Å². The Kier molecular flexibility index (Phi) is 1.77. The topological polar surface area (TPSA) is 85.4 Å². The van der Waals surface area contributed by atoms with Crippen molar-refractivity contribution in [1.29, 1.82) is 0 Å². The molecule has 5 fully saturated rings. The summed E-state index contributed by atoms with van der Waals surface area (Å²) in [6.45, 7) is 5.85. The van der Waals surface area contributed by atoms with Crippen LogP contribution in [-0.2, 0) is 23.8 Å². The van der Waals surface area contributed by atoms with Crippen LogP contribution in [0.5, 0.6) is 0 Å². The smallest absolute Gasteiger partial charge is 0.342 e. The van der Waals surface area contributed by atoms with Gasteiger partial charge >= 0.3 is 11.9 Å². The minimum absolute atomic E-state index is 0.124. The zero-order valence-electron chi connectivity index (χ0n) is 12.2. The summed E-state index contributed by atoms with van der Waals surface area (Å²) >= 11 is 0. The number of epoxide rings is 1. The fraction of sp³-hybridized carbons (Fsp3) is 0.867. The second-order valence-corrected chi connectivity index (χ2v) is 7.70. The maximum atomic E-state index is 12.4. The number of ether oxygens (including phenoxy) is 3. The Bertz CT molecular complexity index is 601. The highest BCUT2D eigenvalue weighted by molar-refractivity contribution is 5.91. The van der Waals surface area contributed by atoms with E-state index in [-0.39, 0.29) is 23.9 Å². The van der Waals surface area contributed by atoms with E-state index in [0.717, 1.165) is 0 Å². The van der Waals surface area contributed by atoms with Gasteiger partial charge in [-0.3, -0.25) is 4.79 Å². The molecular formula is C15H18O6. The van der Waals surface area contributed by atoms with E-state index >= 15 is 0 Å². The van der Waals surface area contributed by atoms with Crippen molar-refractivity contribution in [3.8, 4) is 0 Å². The van der Waals surface area contributed by atoms with Crippen molar-refractivity contribution < 1.29 is 28.9 Å². The van der Waals surface area contributed by atoms with Crippen LogP contribution in [0.1, 0.15) is 27.2 Å². The van der Waals surface area contributed by atoms with Gasteiger partial charge in [0, 0.05) is 12.3 Å². The van der Waals surface area contributed by atoms with E-state index in [2.05, 4.69) is 0 Å². The van der Waals surface area contributed by atoms with Crippen LogP contribution in [0.25, 0.3) is 0 Å². The minimum Gasteiger partial charge on any atom is -0.458 e. The number of hydrogen-bond donors (Lipinski definition) is 1. The Hall–Kier alpha value is -1.14. The first-order chi connectivity index (χ1) is 9.79. The molecule has 0 aromatic carbocycles. The SMILES string of the molecule is CC(C)[C@@H]1[C@@H]2OC(=O)[C@@H]1[C@]1(O)C[C@H]3O[C@]34C(=O)O[C@H]2[C@]14C. The zero-order valence-corrected chi connectivity index (χ0v) is 12.2. The van der Waals surface area contributed by atoms with E-state index in [4.69, 9.17) is 14.2 Å². The van der Waals surface area contributed by atoms with E-state index in [1.807, 2.05) is 20.8 Å². The van der Waals surface area contributed by atoms with Gasteiger partial charge in [0.05, 0.1) is 16.9 Å². The van der Waals surface area contributed by atoms with Gasteiger partial charge in [-0.1, -0.05) is 13.8 Å². The lowest BCUT2D eigenvalue weighted by Crippen LogP contribution is -2.66. The van der Waals surface area contributed by atoms with Gasteiger partial charge in [-0.05, 0) is 12.8 Å². The standard InChI is InChI=1S/C15H18O6/c1-5(2)7-8-11(16)19-9(7)10-13(3)14(8,18)4-6-15(13,21-6)12(17)20-10/h5-10,18H,4H2,1-3H3/t6-,7+,8-,9+,10-,13-,14-,15+/m1/s1. The molecule has 1 spiro atoms. The normalized spacial score (nSPS) is 62.4. The molecule has 114 valence electrons. The quantitative estimate of drug-likeness (QED) is 0.542. The molecule has 0 amide bonds. The van der Waals surface area contributed by atoms with E-state index in [1.54, 1.807) is 0 Å². The summed E-state index contributed by atoms with van der Waals surface area (Å²) < 4.78 is 16.7. The van der Waals surface area contributed by atoms with E-state index in [0.29, 0.717) is 6.42 Å². The number of hydrogen-bond acceptors (Lipinski definition) is 6. The molecule has 0 aromatic heterocycles. The second kappa shape index (κ2) is 2.99. The van der Waals surface area contributed by atoms with Crippen LogP contribution in [0.4, 0.5) is 0 Å². The van der Waals surface area contributed by atoms with Gasteiger partial charge in [0.2, 0.25) is 5.60 Å². The van der Waals surface area contributed by atoms with Gasteiger partial charge < -0.3 is 19.3 Å². The van der Waals surface area contributed by atoms with Gasteiger partial charge in [-0.15, -0.1) is 0 Å². The lowest BCUT2D eigenvalue weighted by Gasteiger charge is -2.51. The first-order valence-corrected chi connectivity index (χ1v) is 7.61. The van der Waals surface area contributed by atoms with Crippen molar-refractivity contribution in [2.24, 2.45) is 23.2 Å². The molecular weight excluding hydrogens is 276 g/mol. The van der Waals surface area contributed by atoms with Crippen LogP contribution in [0.2, 0.25) is 0 Å². The average Bonchev–Trinajstić information content (AvgIpc) is 2.86. The van der Waals surface area contributed by atoms with Crippen molar-refractivity contribution in [1.82, 2.24) is 0 Å². The molecule has 3 saturated heterocycles. The monoisotopic (exact) mass is 294 g/mol. The van der Waals surface area contributed by atoms with E-state index in [1.165, 1.54) is 0 Å². The highest BCUT2D eigenvalue weighted by Crippen LogP contribution is 2.76. The minimum atomic E-state index is -1.29. The maximum absolute atomic E-state index is 12.4. The predicted octanol–water partition coefficient (Wildman–Crippen LogP) is 0.0179. The van der Waals surface area contributed by atoms with Crippen LogP contribution in [-0.4, -0.2) is 46.6 Å². The molecule has 6 nitrogen and oxygen atoms in total. The summed E-state index contributed by atoms with van der Waals surface area (Å²) in [5.41, 5.74) is -3.24. The van der Waals surface area contributed by atoms with Gasteiger partial charge in [0.25, 0.3) is 0 Å². The Morgan fingerprint density at radius 2 is 2.00 bits per heavy atom. The van der Waals surface area contributed by atoms with E-state index < -0.39 is 40.7 Å². The molecule has 5 aliphatic rings. The molecule has 5 rings (SSSR count). The maximum Gasteiger partial charge on any atom is 0.342 e. The van der Waals surface area contributed by atoms with Gasteiger partial charge in [-0.25, -0.2) is 4.79 Å².